The van der Waals surface area contributed by atoms with Gasteiger partial charge in [0.15, 0.2) is 5.78 Å². The number of pyridine rings is 2. The van der Waals surface area contributed by atoms with Crippen LogP contribution in [0.2, 0.25) is 0 Å². The van der Waals surface area contributed by atoms with Gasteiger partial charge in [-0.25, -0.2) is 0 Å². The van der Waals surface area contributed by atoms with E-state index in [1.165, 1.54) is 12.1 Å². The van der Waals surface area contributed by atoms with E-state index in [-0.39, 0.29) is 16.9 Å². The first-order chi connectivity index (χ1) is 10.4. The molecule has 2 aromatic rings. The molecule has 0 unspecified atom stereocenters. The summed E-state index contributed by atoms with van der Waals surface area (Å²) in [4.78, 5) is 39.6. The van der Waals surface area contributed by atoms with Gasteiger partial charge in [0.1, 0.15) is 0 Å². The molecule has 0 aliphatic heterocycles. The van der Waals surface area contributed by atoms with Crippen LogP contribution >= 0.6 is 0 Å². The third-order valence-corrected chi connectivity index (χ3v) is 4.18. The molecule has 1 aliphatic carbocycles. The lowest BCUT2D eigenvalue weighted by Gasteiger charge is -2.24. The Labute approximate surface area is 127 Å². The average molecular weight is 298 g/mol. The molecule has 2 aromatic heterocycles. The van der Waals surface area contributed by atoms with Gasteiger partial charge in [0.05, 0.1) is 0 Å². The van der Waals surface area contributed by atoms with Crippen molar-refractivity contribution in [1.82, 2.24) is 9.55 Å². The third-order valence-electron chi connectivity index (χ3n) is 4.18. The first-order valence-corrected chi connectivity index (χ1v) is 7.44. The highest BCUT2D eigenvalue weighted by molar-refractivity contribution is 6.13. The van der Waals surface area contributed by atoms with Crippen molar-refractivity contribution in [2.75, 3.05) is 0 Å². The van der Waals surface area contributed by atoms with E-state index in [2.05, 4.69) is 4.98 Å². The Kier molecular flexibility index (Phi) is 3.35. The Balaban J connectivity index is 2.34. The van der Waals surface area contributed by atoms with E-state index in [1.807, 2.05) is 6.92 Å². The Hall–Kier alpha value is -2.43. The number of aromatic nitrogens is 2. The second-order valence-electron chi connectivity index (χ2n) is 5.81. The molecule has 3 rings (SSSR count). The molecule has 0 bridgehead atoms. The molecule has 2 heterocycles. The highest BCUT2D eigenvalue weighted by Crippen LogP contribution is 2.28. The highest BCUT2D eigenvalue weighted by Gasteiger charge is 2.29. The number of hydrogen-bond acceptors (Lipinski definition) is 3. The Morgan fingerprint density at radius 1 is 1.09 bits per heavy atom. The van der Waals surface area contributed by atoms with E-state index >= 15 is 0 Å². The van der Waals surface area contributed by atoms with Crippen molar-refractivity contribution in [2.45, 2.75) is 40.2 Å². The number of aromatic amines is 1. The van der Waals surface area contributed by atoms with Crippen molar-refractivity contribution in [3.63, 3.8) is 0 Å². The SMILES string of the molecule is CCCn1c2c(c(C)cc1=O)C(=O)c1c(C)cc(=O)[nH]c1C2. The number of nitrogens with one attached hydrogen (secondary N) is 1. The van der Waals surface area contributed by atoms with E-state index in [1.54, 1.807) is 18.4 Å². The summed E-state index contributed by atoms with van der Waals surface area (Å²) >= 11 is 0. The lowest BCUT2D eigenvalue weighted by molar-refractivity contribution is 0.103. The summed E-state index contributed by atoms with van der Waals surface area (Å²) in [6, 6.07) is 2.97. The zero-order chi connectivity index (χ0) is 16.0. The topological polar surface area (TPSA) is 71.9 Å². The molecule has 5 nitrogen and oxygen atoms in total. The fraction of sp³-hybridized carbons (Fsp3) is 0.353. The van der Waals surface area contributed by atoms with Gasteiger partial charge in [-0.1, -0.05) is 6.92 Å². The number of ketones is 1. The maximum Gasteiger partial charge on any atom is 0.251 e. The number of rotatable bonds is 2. The smallest absolute Gasteiger partial charge is 0.251 e. The zero-order valence-corrected chi connectivity index (χ0v) is 12.9. The molecule has 0 radical (unpaired) electrons. The Morgan fingerprint density at radius 2 is 1.77 bits per heavy atom. The molecule has 1 N–H and O–H groups in total. The normalized spacial score (nSPS) is 13.0. The van der Waals surface area contributed by atoms with Crippen LogP contribution in [0.5, 0.6) is 0 Å². The highest BCUT2D eigenvalue weighted by atomic mass is 16.1. The monoisotopic (exact) mass is 298 g/mol. The molecule has 0 saturated heterocycles. The number of H-pyrrole nitrogens is 1. The number of aryl methyl sites for hydroxylation is 2. The number of hydrogen-bond donors (Lipinski definition) is 1. The fourth-order valence-electron chi connectivity index (χ4n) is 3.29. The Bertz CT molecular complexity index is 903. The molecule has 0 fully saturated rings. The van der Waals surface area contributed by atoms with E-state index in [4.69, 9.17) is 0 Å². The van der Waals surface area contributed by atoms with E-state index < -0.39 is 0 Å². The molecule has 5 heteroatoms. The number of carbonyl (C=O) groups is 1. The van der Waals surface area contributed by atoms with Gasteiger partial charge in [-0.05, 0) is 31.4 Å². The minimum Gasteiger partial charge on any atom is -0.325 e. The zero-order valence-electron chi connectivity index (χ0n) is 12.9. The van der Waals surface area contributed by atoms with Crippen LogP contribution in [0.3, 0.4) is 0 Å². The molecule has 0 saturated carbocycles. The minimum absolute atomic E-state index is 0.0932. The largest absolute Gasteiger partial charge is 0.325 e. The van der Waals surface area contributed by atoms with Crippen LogP contribution in [0.25, 0.3) is 0 Å². The second kappa shape index (κ2) is 5.09. The van der Waals surface area contributed by atoms with Crippen molar-refractivity contribution in [2.24, 2.45) is 0 Å². The summed E-state index contributed by atoms with van der Waals surface area (Å²) in [7, 11) is 0. The number of carbonyl (C=O) groups excluding carboxylic acids is 1. The van der Waals surface area contributed by atoms with Gasteiger partial charge in [0.25, 0.3) is 5.56 Å². The van der Waals surface area contributed by atoms with E-state index in [0.29, 0.717) is 46.6 Å². The minimum atomic E-state index is -0.218. The van der Waals surface area contributed by atoms with Gasteiger partial charge in [-0.15, -0.1) is 0 Å². The number of nitrogens with zero attached hydrogens (tertiary/aromatic N) is 1. The van der Waals surface area contributed by atoms with E-state index in [9.17, 15) is 14.4 Å². The van der Waals surface area contributed by atoms with Crippen molar-refractivity contribution in [3.8, 4) is 0 Å². The number of fused-ring (bicyclic) bond motifs is 2. The lowest BCUT2D eigenvalue weighted by Crippen LogP contribution is -2.32. The molecule has 22 heavy (non-hydrogen) atoms. The van der Waals surface area contributed by atoms with Gasteiger partial charge in [-0.2, -0.15) is 0 Å². The van der Waals surface area contributed by atoms with Gasteiger partial charge in [0, 0.05) is 47.6 Å². The molecular formula is C17H18N2O3. The molecule has 1 aliphatic rings. The predicted octanol–water partition coefficient (Wildman–Crippen LogP) is 1.70. The van der Waals surface area contributed by atoms with Gasteiger partial charge in [0.2, 0.25) is 5.56 Å². The molecule has 114 valence electrons. The fourth-order valence-corrected chi connectivity index (χ4v) is 3.29. The van der Waals surface area contributed by atoms with Crippen LogP contribution in [0, 0.1) is 13.8 Å². The molecule has 0 amide bonds. The standard InChI is InChI=1S/C17H18N2O3/c1-4-5-19-12-8-11-15(9(2)6-13(20)18-11)17(22)16(12)10(3)7-14(19)21/h6-7H,4-5,8H2,1-3H3,(H,18,20). The Morgan fingerprint density at radius 3 is 2.45 bits per heavy atom. The summed E-state index contributed by atoms with van der Waals surface area (Å²) in [6.07, 6.45) is 1.21. The third kappa shape index (κ3) is 2.04. The van der Waals surface area contributed by atoms with Crippen LogP contribution in [-0.2, 0) is 13.0 Å². The maximum absolute atomic E-state index is 12.9. The maximum atomic E-state index is 12.9. The summed E-state index contributed by atoms with van der Waals surface area (Å²) in [5, 5.41) is 0. The molecular weight excluding hydrogens is 280 g/mol. The predicted molar refractivity (Wildman–Crippen MR) is 83.8 cm³/mol. The first kappa shape index (κ1) is 14.5. The van der Waals surface area contributed by atoms with Crippen molar-refractivity contribution in [1.29, 1.82) is 0 Å². The van der Waals surface area contributed by atoms with Crippen LogP contribution in [-0.4, -0.2) is 15.3 Å². The van der Waals surface area contributed by atoms with Crippen molar-refractivity contribution in [3.05, 3.63) is 66.5 Å². The van der Waals surface area contributed by atoms with Crippen molar-refractivity contribution >= 4 is 5.78 Å². The van der Waals surface area contributed by atoms with E-state index in [0.717, 1.165) is 6.42 Å². The molecule has 0 aromatic carbocycles. The molecule has 0 spiro atoms. The van der Waals surface area contributed by atoms with Crippen LogP contribution in [0.4, 0.5) is 0 Å². The first-order valence-electron chi connectivity index (χ1n) is 7.44. The summed E-state index contributed by atoms with van der Waals surface area (Å²) < 4.78 is 1.66. The average Bonchev–Trinajstić information content (AvgIpc) is 2.41. The lowest BCUT2D eigenvalue weighted by atomic mass is 9.86. The summed E-state index contributed by atoms with van der Waals surface area (Å²) in [5.74, 6) is -0.104. The molecule has 0 atom stereocenters. The summed E-state index contributed by atoms with van der Waals surface area (Å²) in [5.41, 5.74) is 3.57. The van der Waals surface area contributed by atoms with Crippen LogP contribution < -0.4 is 11.1 Å². The van der Waals surface area contributed by atoms with Gasteiger partial charge in [-0.3, -0.25) is 14.4 Å². The van der Waals surface area contributed by atoms with Crippen LogP contribution in [0.1, 0.15) is 51.8 Å². The summed E-state index contributed by atoms with van der Waals surface area (Å²) in [6.45, 7) is 6.12. The van der Waals surface area contributed by atoms with Gasteiger partial charge >= 0.3 is 0 Å². The second-order valence-corrected chi connectivity index (χ2v) is 5.81. The quantitative estimate of drug-likeness (QED) is 0.782. The van der Waals surface area contributed by atoms with Gasteiger partial charge < -0.3 is 9.55 Å². The van der Waals surface area contributed by atoms with Crippen molar-refractivity contribution < 1.29 is 4.79 Å². The van der Waals surface area contributed by atoms with Crippen LogP contribution in [0.15, 0.2) is 21.7 Å².